The van der Waals surface area contributed by atoms with Crippen molar-refractivity contribution in [3.8, 4) is 0 Å². The van der Waals surface area contributed by atoms with Crippen molar-refractivity contribution in [2.45, 2.75) is 20.3 Å². The van der Waals surface area contributed by atoms with E-state index in [4.69, 9.17) is 0 Å². The molecule has 0 spiro atoms. The second-order valence-electron chi connectivity index (χ2n) is 4.87. The number of anilines is 1. The molecule has 2 rings (SSSR count). The lowest BCUT2D eigenvalue weighted by molar-refractivity contribution is 0.0989. The number of benzene rings is 2. The topological polar surface area (TPSA) is 20.3 Å². The Balaban J connectivity index is 2.27. The molecular formula is C17H18FNO. The van der Waals surface area contributed by atoms with Crippen molar-refractivity contribution in [2.24, 2.45) is 0 Å². The highest BCUT2D eigenvalue weighted by molar-refractivity contribution is 6.05. The van der Waals surface area contributed by atoms with Crippen molar-refractivity contribution < 1.29 is 9.18 Å². The lowest BCUT2D eigenvalue weighted by Gasteiger charge is -2.18. The van der Waals surface area contributed by atoms with Gasteiger partial charge >= 0.3 is 0 Å². The molecule has 0 fully saturated rings. The van der Waals surface area contributed by atoms with Crippen LogP contribution in [-0.4, -0.2) is 13.0 Å². The Morgan fingerprint density at radius 3 is 2.35 bits per heavy atom. The van der Waals surface area contributed by atoms with E-state index in [1.54, 1.807) is 20.0 Å². The number of aryl methyl sites for hydroxylation is 2. The van der Waals surface area contributed by atoms with Crippen molar-refractivity contribution >= 4 is 11.6 Å². The van der Waals surface area contributed by atoms with Crippen LogP contribution in [0.25, 0.3) is 0 Å². The zero-order chi connectivity index (χ0) is 14.7. The molecule has 2 aromatic rings. The largest absolute Gasteiger partial charge is 0.311 e. The first-order valence-electron chi connectivity index (χ1n) is 6.66. The fourth-order valence-corrected chi connectivity index (χ4v) is 2.05. The maximum absolute atomic E-state index is 13.8. The zero-order valence-electron chi connectivity index (χ0n) is 12.0. The van der Waals surface area contributed by atoms with Crippen molar-refractivity contribution in [3.05, 3.63) is 65.0 Å². The van der Waals surface area contributed by atoms with Gasteiger partial charge in [0.05, 0.1) is 5.56 Å². The van der Waals surface area contributed by atoms with Gasteiger partial charge < -0.3 is 4.90 Å². The molecular weight excluding hydrogens is 253 g/mol. The third-order valence-corrected chi connectivity index (χ3v) is 3.39. The zero-order valence-corrected chi connectivity index (χ0v) is 12.0. The molecule has 0 heterocycles. The number of amides is 1. The summed E-state index contributed by atoms with van der Waals surface area (Å²) in [6.07, 6.45) is 0.949. The number of rotatable bonds is 3. The molecule has 0 saturated carbocycles. The Labute approximate surface area is 118 Å². The van der Waals surface area contributed by atoms with Crippen LogP contribution < -0.4 is 4.90 Å². The van der Waals surface area contributed by atoms with Crippen LogP contribution in [0.4, 0.5) is 10.1 Å². The molecule has 104 valence electrons. The summed E-state index contributed by atoms with van der Waals surface area (Å²) in [5.41, 5.74) is 2.86. The van der Waals surface area contributed by atoms with Gasteiger partial charge in [0, 0.05) is 12.7 Å². The quantitative estimate of drug-likeness (QED) is 0.827. The van der Waals surface area contributed by atoms with Crippen molar-refractivity contribution in [1.29, 1.82) is 0 Å². The van der Waals surface area contributed by atoms with Gasteiger partial charge in [0.25, 0.3) is 5.91 Å². The summed E-state index contributed by atoms with van der Waals surface area (Å²) in [6, 6.07) is 12.4. The highest BCUT2D eigenvalue weighted by atomic mass is 19.1. The molecule has 0 atom stereocenters. The van der Waals surface area contributed by atoms with Crippen LogP contribution in [0.5, 0.6) is 0 Å². The van der Waals surface area contributed by atoms with Crippen LogP contribution in [0, 0.1) is 12.7 Å². The van der Waals surface area contributed by atoms with Crippen molar-refractivity contribution in [3.63, 3.8) is 0 Å². The molecule has 3 heteroatoms. The normalized spacial score (nSPS) is 10.4. The van der Waals surface area contributed by atoms with E-state index in [9.17, 15) is 9.18 Å². The maximum atomic E-state index is 13.8. The summed E-state index contributed by atoms with van der Waals surface area (Å²) < 4.78 is 13.8. The standard InChI is InChI=1S/C17H18FNO/c1-4-13-6-8-14(9-7-13)19(3)17(20)15-10-5-12(2)11-16(15)18/h5-11H,4H2,1-3H3. The molecule has 0 unspecified atom stereocenters. The predicted molar refractivity (Wildman–Crippen MR) is 79.7 cm³/mol. The van der Waals surface area contributed by atoms with Gasteiger partial charge in [-0.3, -0.25) is 4.79 Å². The molecule has 1 amide bonds. The lowest BCUT2D eigenvalue weighted by Crippen LogP contribution is -2.27. The predicted octanol–water partition coefficient (Wildman–Crippen LogP) is 3.97. The van der Waals surface area contributed by atoms with Crippen molar-refractivity contribution in [1.82, 2.24) is 0 Å². The number of carbonyl (C=O) groups excluding carboxylic acids is 1. The average Bonchev–Trinajstić information content (AvgIpc) is 2.46. The summed E-state index contributed by atoms with van der Waals surface area (Å²) in [6.45, 7) is 3.87. The molecule has 2 aromatic carbocycles. The van der Waals surface area contributed by atoms with E-state index in [1.165, 1.54) is 22.6 Å². The first-order valence-corrected chi connectivity index (χ1v) is 6.66. The van der Waals surface area contributed by atoms with Crippen LogP contribution in [0.2, 0.25) is 0 Å². The molecule has 0 aliphatic carbocycles. The third kappa shape index (κ3) is 2.87. The van der Waals surface area contributed by atoms with Gasteiger partial charge in [-0.25, -0.2) is 4.39 Å². The minimum Gasteiger partial charge on any atom is -0.311 e. The molecule has 0 aromatic heterocycles. The van der Waals surface area contributed by atoms with E-state index in [0.29, 0.717) is 0 Å². The van der Waals surface area contributed by atoms with Crippen molar-refractivity contribution in [2.75, 3.05) is 11.9 Å². The Hall–Kier alpha value is -2.16. The smallest absolute Gasteiger partial charge is 0.260 e. The van der Waals surface area contributed by atoms with Crippen LogP contribution >= 0.6 is 0 Å². The van der Waals surface area contributed by atoms with Crippen LogP contribution in [0.15, 0.2) is 42.5 Å². The number of hydrogen-bond donors (Lipinski definition) is 0. The summed E-state index contributed by atoms with van der Waals surface area (Å²) in [5, 5.41) is 0. The van der Waals surface area contributed by atoms with Gasteiger partial charge in [0.15, 0.2) is 0 Å². The lowest BCUT2D eigenvalue weighted by atomic mass is 10.1. The van der Waals surface area contributed by atoms with E-state index in [0.717, 1.165) is 17.7 Å². The van der Waals surface area contributed by atoms with Gasteiger partial charge in [0.1, 0.15) is 5.82 Å². The van der Waals surface area contributed by atoms with E-state index in [1.807, 2.05) is 24.3 Å². The first kappa shape index (κ1) is 14.3. The molecule has 2 nitrogen and oxygen atoms in total. The fraction of sp³-hybridized carbons (Fsp3) is 0.235. The van der Waals surface area contributed by atoms with Crippen LogP contribution in [0.3, 0.4) is 0 Å². The highest BCUT2D eigenvalue weighted by Crippen LogP contribution is 2.19. The molecule has 0 N–H and O–H groups in total. The summed E-state index contributed by atoms with van der Waals surface area (Å²) in [4.78, 5) is 13.8. The maximum Gasteiger partial charge on any atom is 0.260 e. The van der Waals surface area contributed by atoms with E-state index in [2.05, 4.69) is 6.92 Å². The average molecular weight is 271 g/mol. The molecule has 20 heavy (non-hydrogen) atoms. The highest BCUT2D eigenvalue weighted by Gasteiger charge is 2.17. The van der Waals surface area contributed by atoms with Crippen LogP contribution in [0.1, 0.15) is 28.4 Å². The van der Waals surface area contributed by atoms with E-state index >= 15 is 0 Å². The Bertz CT molecular complexity index is 619. The first-order chi connectivity index (χ1) is 9.52. The van der Waals surface area contributed by atoms with E-state index in [-0.39, 0.29) is 11.5 Å². The van der Waals surface area contributed by atoms with Gasteiger partial charge in [-0.1, -0.05) is 25.1 Å². The Morgan fingerprint density at radius 2 is 1.80 bits per heavy atom. The molecule has 0 aliphatic heterocycles. The van der Waals surface area contributed by atoms with Gasteiger partial charge in [-0.2, -0.15) is 0 Å². The third-order valence-electron chi connectivity index (χ3n) is 3.39. The number of halogens is 1. The molecule has 0 aliphatic rings. The second-order valence-corrected chi connectivity index (χ2v) is 4.87. The minimum atomic E-state index is -0.480. The Kier molecular flexibility index (Phi) is 4.18. The molecule has 0 bridgehead atoms. The SMILES string of the molecule is CCc1ccc(N(C)C(=O)c2ccc(C)cc2F)cc1. The summed E-state index contributed by atoms with van der Waals surface area (Å²) in [7, 11) is 1.66. The fourth-order valence-electron chi connectivity index (χ4n) is 2.05. The monoisotopic (exact) mass is 271 g/mol. The van der Waals surface area contributed by atoms with E-state index < -0.39 is 5.82 Å². The molecule has 0 saturated heterocycles. The second kappa shape index (κ2) is 5.87. The number of nitrogens with zero attached hydrogens (tertiary/aromatic N) is 1. The van der Waals surface area contributed by atoms with Gasteiger partial charge in [-0.15, -0.1) is 0 Å². The van der Waals surface area contributed by atoms with Crippen LogP contribution in [-0.2, 0) is 6.42 Å². The summed E-state index contributed by atoms with van der Waals surface area (Å²) >= 11 is 0. The summed E-state index contributed by atoms with van der Waals surface area (Å²) in [5.74, 6) is -0.821. The van der Waals surface area contributed by atoms with Gasteiger partial charge in [0.2, 0.25) is 0 Å². The minimum absolute atomic E-state index is 0.0951. The number of carbonyl (C=O) groups is 1. The molecule has 0 radical (unpaired) electrons. The number of hydrogen-bond acceptors (Lipinski definition) is 1. The van der Waals surface area contributed by atoms with Gasteiger partial charge in [-0.05, 0) is 48.7 Å². The Morgan fingerprint density at radius 1 is 1.15 bits per heavy atom.